The summed E-state index contributed by atoms with van der Waals surface area (Å²) in [6.07, 6.45) is 2.20. The van der Waals surface area contributed by atoms with Gasteiger partial charge in [0.05, 0.1) is 0 Å². The highest BCUT2D eigenvalue weighted by Gasteiger charge is 2.32. The smallest absolute Gasteiger partial charge is 0.267 e. The molecule has 17 heavy (non-hydrogen) atoms. The van der Waals surface area contributed by atoms with E-state index in [4.69, 9.17) is 5.73 Å². The standard InChI is InChI=1S/C11H18N4OS/c1-4-14(2)11-13-9(12)8(17-11)10(16)15(3)7-5-6-7/h7H,4-6,12H2,1-3H3. The Kier molecular flexibility index (Phi) is 3.24. The number of anilines is 2. The number of amides is 1. The zero-order valence-corrected chi connectivity index (χ0v) is 11.3. The first-order valence-electron chi connectivity index (χ1n) is 5.79. The molecule has 0 radical (unpaired) electrons. The van der Waals surface area contributed by atoms with Crippen LogP contribution in [0.1, 0.15) is 29.4 Å². The highest BCUT2D eigenvalue weighted by molar-refractivity contribution is 7.18. The summed E-state index contributed by atoms with van der Waals surface area (Å²) in [4.78, 5) is 20.7. The summed E-state index contributed by atoms with van der Waals surface area (Å²) in [6, 6.07) is 0.399. The molecule has 2 rings (SSSR count). The van der Waals surface area contributed by atoms with Crippen molar-refractivity contribution in [3.63, 3.8) is 0 Å². The second kappa shape index (κ2) is 4.52. The fourth-order valence-corrected chi connectivity index (χ4v) is 2.55. The monoisotopic (exact) mass is 254 g/mol. The minimum Gasteiger partial charge on any atom is -0.382 e. The number of carbonyl (C=O) groups excluding carboxylic acids is 1. The van der Waals surface area contributed by atoms with Crippen LogP contribution in [0.2, 0.25) is 0 Å². The Morgan fingerprint density at radius 3 is 2.71 bits per heavy atom. The molecule has 1 saturated carbocycles. The lowest BCUT2D eigenvalue weighted by molar-refractivity contribution is 0.0790. The van der Waals surface area contributed by atoms with Crippen molar-refractivity contribution in [1.29, 1.82) is 0 Å². The number of carbonyl (C=O) groups is 1. The summed E-state index contributed by atoms with van der Waals surface area (Å²) >= 11 is 1.37. The predicted octanol–water partition coefficient (Wildman–Crippen LogP) is 1.42. The number of hydrogen-bond acceptors (Lipinski definition) is 5. The molecule has 1 aromatic heterocycles. The van der Waals surface area contributed by atoms with Crippen molar-refractivity contribution in [3.05, 3.63) is 4.88 Å². The van der Waals surface area contributed by atoms with E-state index >= 15 is 0 Å². The molecule has 0 aliphatic heterocycles. The van der Waals surface area contributed by atoms with Crippen LogP contribution in [-0.4, -0.2) is 42.5 Å². The Morgan fingerprint density at radius 2 is 2.18 bits per heavy atom. The van der Waals surface area contributed by atoms with Gasteiger partial charge in [-0.1, -0.05) is 11.3 Å². The SMILES string of the molecule is CCN(C)c1nc(N)c(C(=O)N(C)C2CC2)s1. The Hall–Kier alpha value is -1.30. The molecule has 6 heteroatoms. The van der Waals surface area contributed by atoms with Gasteiger partial charge in [-0.05, 0) is 19.8 Å². The highest BCUT2D eigenvalue weighted by atomic mass is 32.1. The largest absolute Gasteiger partial charge is 0.382 e. The van der Waals surface area contributed by atoms with Crippen LogP contribution in [0.25, 0.3) is 0 Å². The zero-order valence-electron chi connectivity index (χ0n) is 10.4. The molecule has 1 aliphatic carbocycles. The van der Waals surface area contributed by atoms with E-state index in [2.05, 4.69) is 4.98 Å². The second-order valence-electron chi connectivity index (χ2n) is 4.37. The lowest BCUT2D eigenvalue weighted by Crippen LogP contribution is -2.28. The van der Waals surface area contributed by atoms with Crippen LogP contribution in [0.5, 0.6) is 0 Å². The van der Waals surface area contributed by atoms with Gasteiger partial charge in [0, 0.05) is 26.7 Å². The average Bonchev–Trinajstić information content (AvgIpc) is 3.09. The number of nitrogens with two attached hydrogens (primary N) is 1. The van der Waals surface area contributed by atoms with Crippen molar-refractivity contribution in [3.8, 4) is 0 Å². The second-order valence-corrected chi connectivity index (χ2v) is 5.35. The van der Waals surface area contributed by atoms with Gasteiger partial charge >= 0.3 is 0 Å². The fraction of sp³-hybridized carbons (Fsp3) is 0.636. The van der Waals surface area contributed by atoms with Crippen LogP contribution in [0.4, 0.5) is 10.9 Å². The Labute approximate surface area is 105 Å². The van der Waals surface area contributed by atoms with Gasteiger partial charge < -0.3 is 15.5 Å². The molecule has 0 spiro atoms. The van der Waals surface area contributed by atoms with Crippen molar-refractivity contribution in [1.82, 2.24) is 9.88 Å². The lowest BCUT2D eigenvalue weighted by Gasteiger charge is -2.15. The van der Waals surface area contributed by atoms with Gasteiger partial charge in [0.15, 0.2) is 5.13 Å². The summed E-state index contributed by atoms with van der Waals surface area (Å²) in [5, 5.41) is 0.803. The normalized spacial score (nSPS) is 14.8. The van der Waals surface area contributed by atoms with Gasteiger partial charge in [0.2, 0.25) is 0 Å². The summed E-state index contributed by atoms with van der Waals surface area (Å²) < 4.78 is 0. The summed E-state index contributed by atoms with van der Waals surface area (Å²) in [5.74, 6) is 0.348. The van der Waals surface area contributed by atoms with Crippen LogP contribution in [-0.2, 0) is 0 Å². The number of nitrogen functional groups attached to an aromatic ring is 1. The lowest BCUT2D eigenvalue weighted by atomic mass is 10.4. The Morgan fingerprint density at radius 1 is 1.53 bits per heavy atom. The number of thiazole rings is 1. The molecule has 2 N–H and O–H groups in total. The molecule has 94 valence electrons. The number of hydrogen-bond donors (Lipinski definition) is 1. The third-order valence-corrected chi connectivity index (χ3v) is 4.23. The summed E-state index contributed by atoms with van der Waals surface area (Å²) in [6.45, 7) is 2.88. The van der Waals surface area contributed by atoms with E-state index in [-0.39, 0.29) is 5.91 Å². The van der Waals surface area contributed by atoms with Crippen molar-refractivity contribution in [2.45, 2.75) is 25.8 Å². The molecular weight excluding hydrogens is 236 g/mol. The zero-order chi connectivity index (χ0) is 12.6. The van der Waals surface area contributed by atoms with E-state index in [9.17, 15) is 4.79 Å². The first kappa shape index (κ1) is 12.2. The maximum atomic E-state index is 12.2. The van der Waals surface area contributed by atoms with Crippen molar-refractivity contribution in [2.24, 2.45) is 0 Å². The molecule has 1 aromatic rings. The number of nitrogens with zero attached hydrogens (tertiary/aromatic N) is 3. The topological polar surface area (TPSA) is 62.5 Å². The van der Waals surface area contributed by atoms with Crippen LogP contribution < -0.4 is 10.6 Å². The summed E-state index contributed by atoms with van der Waals surface area (Å²) in [5.41, 5.74) is 5.82. The van der Waals surface area contributed by atoms with Gasteiger partial charge in [-0.15, -0.1) is 0 Å². The van der Waals surface area contributed by atoms with Crippen molar-refractivity contribution < 1.29 is 4.79 Å². The maximum Gasteiger partial charge on any atom is 0.267 e. The van der Waals surface area contributed by atoms with Crippen LogP contribution in [0, 0.1) is 0 Å². The molecule has 0 bridgehead atoms. The molecule has 1 heterocycles. The third kappa shape index (κ3) is 2.36. The molecule has 5 nitrogen and oxygen atoms in total. The fourth-order valence-electron chi connectivity index (χ4n) is 1.56. The van der Waals surface area contributed by atoms with Gasteiger partial charge in [0.25, 0.3) is 5.91 Å². The minimum absolute atomic E-state index is 0.00162. The van der Waals surface area contributed by atoms with Gasteiger partial charge in [0.1, 0.15) is 10.7 Å². The minimum atomic E-state index is -0.00162. The van der Waals surface area contributed by atoms with E-state index in [1.54, 1.807) is 4.90 Å². The summed E-state index contributed by atoms with van der Waals surface area (Å²) in [7, 11) is 3.78. The van der Waals surface area contributed by atoms with E-state index in [0.717, 1.165) is 24.5 Å². The molecule has 1 fully saturated rings. The Bertz CT molecular complexity index is 427. The first-order valence-corrected chi connectivity index (χ1v) is 6.60. The maximum absolute atomic E-state index is 12.2. The van der Waals surface area contributed by atoms with Crippen molar-refractivity contribution >= 4 is 28.2 Å². The van der Waals surface area contributed by atoms with Gasteiger partial charge in [-0.25, -0.2) is 4.98 Å². The van der Waals surface area contributed by atoms with Gasteiger partial charge in [-0.3, -0.25) is 4.79 Å². The molecule has 1 amide bonds. The quantitative estimate of drug-likeness (QED) is 0.882. The molecule has 0 unspecified atom stereocenters. The molecular formula is C11H18N4OS. The number of aromatic nitrogens is 1. The number of rotatable bonds is 4. The average molecular weight is 254 g/mol. The van der Waals surface area contributed by atoms with E-state index in [1.165, 1.54) is 11.3 Å². The van der Waals surface area contributed by atoms with Crippen LogP contribution in [0.15, 0.2) is 0 Å². The third-order valence-electron chi connectivity index (χ3n) is 3.05. The molecule has 0 atom stereocenters. The van der Waals surface area contributed by atoms with E-state index in [1.807, 2.05) is 25.9 Å². The molecule has 0 aromatic carbocycles. The van der Waals surface area contributed by atoms with E-state index < -0.39 is 0 Å². The van der Waals surface area contributed by atoms with E-state index in [0.29, 0.717) is 16.7 Å². The highest BCUT2D eigenvalue weighted by Crippen LogP contribution is 2.32. The first-order chi connectivity index (χ1) is 8.04. The van der Waals surface area contributed by atoms with Crippen molar-refractivity contribution in [2.75, 3.05) is 31.3 Å². The predicted molar refractivity (Wildman–Crippen MR) is 70.6 cm³/mol. The van der Waals surface area contributed by atoms with Crippen LogP contribution in [0.3, 0.4) is 0 Å². The molecule has 1 aliphatic rings. The van der Waals surface area contributed by atoms with Gasteiger partial charge in [-0.2, -0.15) is 0 Å². The molecule has 0 saturated heterocycles. The van der Waals surface area contributed by atoms with Crippen LogP contribution >= 0.6 is 11.3 Å². The Balaban J connectivity index is 2.19.